The van der Waals surface area contributed by atoms with Gasteiger partial charge in [0.05, 0.1) is 31.0 Å². The molecule has 26 heteroatoms. The SMILES string of the molecule is C=C(CBr)C(=O)OC(C)(C)CCCCC(=O)N[C@H](C(=O)N[C@@H](CCCNC(N)=O)C(=O)Nc1ccc(NC(=O)O[C@H]2CC(=O)N(C)c3cc(cc(OC)c3Cl)C/C(C)=C/C=C/[C@@H](OC)[C@@]3(O)C[C@H](OC(=O)N3)[C@@H](C)[C@@H]3O[C@@]23C)cc1Br)C(C)C. The smallest absolute Gasteiger partial charge is 0.412 e. The van der Waals surface area contributed by atoms with Gasteiger partial charge in [-0.05, 0) is 124 Å². The summed E-state index contributed by atoms with van der Waals surface area (Å²) in [6.07, 6.45) is 1.02. The lowest BCUT2D eigenvalue weighted by atomic mass is 9.83. The highest BCUT2D eigenvalue weighted by atomic mass is 79.9. The molecule has 2 saturated heterocycles. The summed E-state index contributed by atoms with van der Waals surface area (Å²) in [5.74, 6) is -3.38. The summed E-state index contributed by atoms with van der Waals surface area (Å²) in [5.41, 5.74) is 3.91. The summed E-state index contributed by atoms with van der Waals surface area (Å²) in [6, 6.07) is 5.00. The second kappa shape index (κ2) is 30.2. The summed E-state index contributed by atoms with van der Waals surface area (Å²) in [7, 11) is 4.40. The van der Waals surface area contributed by atoms with Crippen LogP contribution in [0, 0.1) is 11.8 Å². The van der Waals surface area contributed by atoms with Gasteiger partial charge in [0, 0.05) is 60.5 Å². The highest BCUT2D eigenvalue weighted by Gasteiger charge is 2.64. The number of ether oxygens (including phenoxy) is 6. The van der Waals surface area contributed by atoms with Crippen molar-refractivity contribution in [1.29, 1.82) is 0 Å². The van der Waals surface area contributed by atoms with Crippen LogP contribution in [0.5, 0.6) is 5.75 Å². The third kappa shape index (κ3) is 18.9. The van der Waals surface area contributed by atoms with Crippen LogP contribution in [0.2, 0.25) is 5.02 Å². The molecular formula is C58H79Br2ClN8O15. The van der Waals surface area contributed by atoms with Crippen LogP contribution in [0.4, 0.5) is 31.4 Å². The minimum Gasteiger partial charge on any atom is -0.495 e. The molecule has 23 nitrogen and oxygen atoms in total. The van der Waals surface area contributed by atoms with Gasteiger partial charge in [0.15, 0.2) is 5.72 Å². The first-order valence-electron chi connectivity index (χ1n) is 27.5. The van der Waals surface area contributed by atoms with Crippen LogP contribution in [-0.2, 0) is 54.1 Å². The number of urea groups is 1. The zero-order chi connectivity index (χ0) is 62.4. The molecule has 84 heavy (non-hydrogen) atoms. The molecule has 0 aromatic heterocycles. The summed E-state index contributed by atoms with van der Waals surface area (Å²) < 4.78 is 35.3. The van der Waals surface area contributed by atoms with E-state index < -0.39 is 119 Å². The van der Waals surface area contributed by atoms with E-state index in [2.05, 4.69) is 70.3 Å². The van der Waals surface area contributed by atoms with E-state index in [0.29, 0.717) is 41.6 Å². The molecule has 8 amide bonds. The minimum absolute atomic E-state index is 0.0484. The number of hydrogen-bond acceptors (Lipinski definition) is 15. The van der Waals surface area contributed by atoms with E-state index >= 15 is 0 Å². The van der Waals surface area contributed by atoms with Gasteiger partial charge >= 0.3 is 24.2 Å². The van der Waals surface area contributed by atoms with Crippen molar-refractivity contribution in [2.75, 3.05) is 48.7 Å². The number of benzene rings is 2. The molecule has 9 N–H and O–H groups in total. The molecule has 0 unspecified atom stereocenters. The predicted octanol–water partition coefficient (Wildman–Crippen LogP) is 7.98. The van der Waals surface area contributed by atoms with Crippen molar-refractivity contribution in [1.82, 2.24) is 21.3 Å². The van der Waals surface area contributed by atoms with Crippen molar-refractivity contribution in [3.63, 3.8) is 0 Å². The Hall–Kier alpha value is -6.25. The van der Waals surface area contributed by atoms with E-state index in [1.165, 1.54) is 44.4 Å². The monoisotopic (exact) mass is 1320 g/mol. The highest BCUT2D eigenvalue weighted by molar-refractivity contribution is 9.10. The molecule has 9 atom stereocenters. The molecule has 0 aliphatic carbocycles. The van der Waals surface area contributed by atoms with Gasteiger partial charge in [-0.2, -0.15) is 0 Å². The van der Waals surface area contributed by atoms with E-state index in [1.54, 1.807) is 65.8 Å². The van der Waals surface area contributed by atoms with Crippen LogP contribution in [0.3, 0.4) is 0 Å². The number of unbranched alkanes of at least 4 members (excludes halogenated alkanes) is 1. The van der Waals surface area contributed by atoms with Crippen LogP contribution < -0.4 is 47.3 Å². The number of alkyl halides is 1. The topological polar surface area (TPSA) is 317 Å². The normalized spacial score (nSPS) is 24.2. The second-order valence-electron chi connectivity index (χ2n) is 22.4. The lowest BCUT2D eigenvalue weighted by Crippen LogP contribution is -2.63. The molecule has 0 spiro atoms. The van der Waals surface area contributed by atoms with Crippen molar-refractivity contribution < 1.29 is 71.9 Å². The van der Waals surface area contributed by atoms with Crippen molar-refractivity contribution in [2.45, 2.75) is 160 Å². The van der Waals surface area contributed by atoms with Crippen molar-refractivity contribution in [3.8, 4) is 5.75 Å². The van der Waals surface area contributed by atoms with E-state index in [0.717, 1.165) is 11.1 Å². The van der Waals surface area contributed by atoms with Crippen LogP contribution in [0.25, 0.3) is 0 Å². The summed E-state index contributed by atoms with van der Waals surface area (Å²) >= 11 is 13.5. The number of alkyl carbamates (subject to hydrolysis) is 1. The summed E-state index contributed by atoms with van der Waals surface area (Å²) in [5, 5.41) is 28.3. The lowest BCUT2D eigenvalue weighted by Gasteiger charge is -2.42. The van der Waals surface area contributed by atoms with Gasteiger partial charge in [-0.15, -0.1) is 0 Å². The van der Waals surface area contributed by atoms with Crippen LogP contribution in [0.1, 0.15) is 105 Å². The van der Waals surface area contributed by atoms with Gasteiger partial charge in [-0.1, -0.05) is 78.7 Å². The number of nitrogens with one attached hydrogen (secondary N) is 6. The number of epoxide rings is 1. The van der Waals surface area contributed by atoms with Gasteiger partial charge in [0.2, 0.25) is 23.6 Å². The summed E-state index contributed by atoms with van der Waals surface area (Å²) in [6.45, 7) is 16.1. The van der Waals surface area contributed by atoms with E-state index in [1.807, 2.05) is 13.0 Å². The molecule has 0 saturated carbocycles. The first kappa shape index (κ1) is 68.5. The van der Waals surface area contributed by atoms with Gasteiger partial charge in [0.1, 0.15) is 52.4 Å². The van der Waals surface area contributed by atoms with Crippen LogP contribution in [0.15, 0.2) is 70.8 Å². The van der Waals surface area contributed by atoms with E-state index in [9.17, 15) is 43.5 Å². The van der Waals surface area contributed by atoms with Crippen LogP contribution in [-0.4, -0.2) is 139 Å². The average Bonchev–Trinajstić information content (AvgIpc) is 2.02. The Morgan fingerprint density at radius 1 is 1.05 bits per heavy atom. The number of carbonyl (C=O) groups is 8. The number of aliphatic hydroxyl groups is 1. The van der Waals surface area contributed by atoms with E-state index in [4.69, 9.17) is 45.8 Å². The Kier molecular flexibility index (Phi) is 24.6. The van der Waals surface area contributed by atoms with Crippen molar-refractivity contribution in [3.05, 3.63) is 81.3 Å². The van der Waals surface area contributed by atoms with Gasteiger partial charge in [-0.25, -0.2) is 19.2 Å². The number of halogens is 3. The van der Waals surface area contributed by atoms with Crippen molar-refractivity contribution in [2.24, 2.45) is 17.6 Å². The number of fused-ring (bicyclic) bond motifs is 5. The molecule has 3 aliphatic heterocycles. The molecular weight excluding hydrogens is 1240 g/mol. The maximum Gasteiger partial charge on any atom is 0.412 e. The van der Waals surface area contributed by atoms with Gasteiger partial charge in [0.25, 0.3) is 0 Å². The van der Waals surface area contributed by atoms with E-state index in [-0.39, 0.29) is 59.5 Å². The number of amides is 8. The number of nitrogens with two attached hydrogens (primary N) is 1. The zero-order valence-electron chi connectivity index (χ0n) is 49.0. The second-order valence-corrected chi connectivity index (χ2v) is 24.2. The fourth-order valence-electron chi connectivity index (χ4n) is 9.89. The first-order chi connectivity index (χ1) is 39.4. The number of anilines is 3. The molecule has 2 aromatic carbocycles. The predicted molar refractivity (Wildman–Crippen MR) is 323 cm³/mol. The Balaban J connectivity index is 1.32. The average molecular weight is 1320 g/mol. The molecule has 2 fully saturated rings. The van der Waals surface area contributed by atoms with Crippen LogP contribution >= 0.6 is 43.5 Å². The fourth-order valence-corrected chi connectivity index (χ4v) is 10.9. The molecule has 3 aliphatic rings. The Morgan fingerprint density at radius 2 is 1.76 bits per heavy atom. The quantitative estimate of drug-likeness (QED) is 0.0138. The third-order valence-electron chi connectivity index (χ3n) is 14.8. The Labute approximate surface area is 511 Å². The number of methoxy groups -OCH3 is 2. The molecule has 2 aromatic rings. The number of esters is 1. The highest BCUT2D eigenvalue weighted by Crippen LogP contribution is 2.49. The molecule has 462 valence electrons. The molecule has 5 rings (SSSR count). The third-order valence-corrected chi connectivity index (χ3v) is 16.5. The largest absolute Gasteiger partial charge is 0.495 e. The van der Waals surface area contributed by atoms with Gasteiger partial charge in [-0.3, -0.25) is 29.8 Å². The number of allylic oxidation sites excluding steroid dienone is 3. The number of nitrogens with zero attached hydrogens (tertiary/aromatic N) is 1. The Bertz CT molecular complexity index is 2850. The lowest BCUT2D eigenvalue weighted by molar-refractivity contribution is -0.152. The maximum absolute atomic E-state index is 14.4. The zero-order valence-corrected chi connectivity index (χ0v) is 53.0. The van der Waals surface area contributed by atoms with Crippen molar-refractivity contribution >= 4 is 108 Å². The minimum atomic E-state index is -1.90. The first-order valence-corrected chi connectivity index (χ1v) is 29.8. The number of rotatable bonds is 22. The molecule has 4 bridgehead atoms. The molecule has 0 radical (unpaired) electrons. The number of hydrogen-bond donors (Lipinski definition) is 8. The standard InChI is InChI=1S/C58H79Br2ClN8O15/c1-31(2)48(67-45(70)19-12-13-22-56(6,7)84-52(74)33(4)30-59)51(73)66-39(17-15-23-63-53(62)75)50(72)65-38-21-20-36(27-37(38)60)64-54(76)82-44-28-46(71)69(9)40-25-35(26-41(79-10)47(40)61)24-32(3)16-14-18-43(80-11)58(78)29-42(81-55(77)68-58)34(5)49-57(44,8)83-49/h14,16,18,20-21,25-27,31,34,39,42-44,48-49,78H,4,12-13,15,17,19,22-24,28-30H2,1-3,5-11H3,(H,64,76)(H,65,72)(H,66,73)(H,67,70)(H,68,77)(H3,62,63,75)/b18-14+,32-16+/t34-,39+,42+,43-,44+,48+,49+,57+,58+/m1/s1. The number of primary amides is 1. The molecule has 3 heterocycles. The fraction of sp³-hybridized carbons (Fsp3) is 0.552. The van der Waals surface area contributed by atoms with Gasteiger partial charge < -0.3 is 65.4 Å². The summed E-state index contributed by atoms with van der Waals surface area (Å²) in [4.78, 5) is 108. The Morgan fingerprint density at radius 3 is 2.40 bits per heavy atom. The maximum atomic E-state index is 14.4. The number of carbonyl (C=O) groups excluding carboxylic acids is 8.